The number of amides is 1. The zero-order valence-corrected chi connectivity index (χ0v) is 9.07. The molecule has 1 atom stereocenters. The molecule has 15 heavy (non-hydrogen) atoms. The normalized spacial score (nSPS) is 25.8. The molecule has 0 spiro atoms. The summed E-state index contributed by atoms with van der Waals surface area (Å²) in [4.78, 5) is 24.9. The molecule has 0 aromatic heterocycles. The maximum atomic E-state index is 11.6. The molecule has 1 saturated heterocycles. The Morgan fingerprint density at radius 2 is 2.27 bits per heavy atom. The van der Waals surface area contributed by atoms with Crippen LogP contribution in [-0.4, -0.2) is 36.0 Å². The van der Waals surface area contributed by atoms with E-state index in [-0.39, 0.29) is 17.8 Å². The van der Waals surface area contributed by atoms with Gasteiger partial charge in [-0.3, -0.25) is 9.59 Å². The van der Waals surface area contributed by atoms with E-state index in [9.17, 15) is 9.59 Å². The first kappa shape index (κ1) is 10.5. The Balaban J connectivity index is 1.84. The summed E-state index contributed by atoms with van der Waals surface area (Å²) >= 11 is 0. The fourth-order valence-corrected chi connectivity index (χ4v) is 1.95. The van der Waals surface area contributed by atoms with Crippen LogP contribution in [0.2, 0.25) is 0 Å². The number of hydrogen-bond acceptors (Lipinski definition) is 3. The van der Waals surface area contributed by atoms with E-state index in [1.165, 1.54) is 0 Å². The molecule has 84 valence electrons. The Bertz CT molecular complexity index is 273. The van der Waals surface area contributed by atoms with Crippen molar-refractivity contribution in [1.82, 2.24) is 4.90 Å². The van der Waals surface area contributed by atoms with Gasteiger partial charge in [-0.05, 0) is 19.3 Å². The average molecular weight is 211 g/mol. The Morgan fingerprint density at radius 3 is 2.87 bits per heavy atom. The van der Waals surface area contributed by atoms with Gasteiger partial charge in [-0.1, -0.05) is 6.92 Å². The third kappa shape index (κ3) is 2.30. The minimum Gasteiger partial charge on any atom is -0.465 e. The molecule has 1 heterocycles. The number of nitrogens with zero attached hydrogens (tertiary/aromatic N) is 1. The van der Waals surface area contributed by atoms with E-state index in [0.29, 0.717) is 25.6 Å². The first-order chi connectivity index (χ1) is 7.22. The maximum Gasteiger partial charge on any atom is 0.311 e. The lowest BCUT2D eigenvalue weighted by atomic mass is 10.1. The van der Waals surface area contributed by atoms with Gasteiger partial charge in [0.05, 0.1) is 12.5 Å². The van der Waals surface area contributed by atoms with Crippen LogP contribution in [0, 0.1) is 5.92 Å². The largest absolute Gasteiger partial charge is 0.465 e. The predicted molar refractivity (Wildman–Crippen MR) is 54.1 cm³/mol. The molecule has 0 aromatic rings. The van der Waals surface area contributed by atoms with Gasteiger partial charge in [0, 0.05) is 19.0 Å². The van der Waals surface area contributed by atoms with Crippen molar-refractivity contribution in [1.29, 1.82) is 0 Å². The molecule has 1 unspecified atom stereocenters. The highest BCUT2D eigenvalue weighted by atomic mass is 16.5. The highest BCUT2D eigenvalue weighted by Gasteiger charge is 2.42. The highest BCUT2D eigenvalue weighted by Crippen LogP contribution is 2.32. The lowest BCUT2D eigenvalue weighted by Crippen LogP contribution is -2.28. The number of carbonyl (C=O) groups is 2. The summed E-state index contributed by atoms with van der Waals surface area (Å²) in [6.07, 6.45) is 3.38. The van der Waals surface area contributed by atoms with Gasteiger partial charge in [0.2, 0.25) is 5.91 Å². The minimum atomic E-state index is -0.218. The van der Waals surface area contributed by atoms with E-state index in [1.807, 2.05) is 11.8 Å². The third-order valence-corrected chi connectivity index (χ3v) is 2.93. The number of ether oxygens (including phenoxy) is 1. The Labute approximate surface area is 89.6 Å². The van der Waals surface area contributed by atoms with Crippen molar-refractivity contribution in [3.63, 3.8) is 0 Å². The minimum absolute atomic E-state index is 0.121. The molecule has 4 nitrogen and oxygen atoms in total. The Hall–Kier alpha value is -1.06. The molecule has 1 amide bonds. The zero-order chi connectivity index (χ0) is 10.8. The second-order valence-corrected chi connectivity index (χ2v) is 4.35. The van der Waals surface area contributed by atoms with Gasteiger partial charge in [-0.2, -0.15) is 0 Å². The van der Waals surface area contributed by atoms with Gasteiger partial charge in [0.25, 0.3) is 0 Å². The molecule has 2 aliphatic rings. The lowest BCUT2D eigenvalue weighted by Gasteiger charge is -2.14. The number of rotatable bonds is 4. The summed E-state index contributed by atoms with van der Waals surface area (Å²) in [5.74, 6) is -0.297. The molecular formula is C11H17NO3. The van der Waals surface area contributed by atoms with Crippen molar-refractivity contribution in [3.05, 3.63) is 0 Å². The van der Waals surface area contributed by atoms with Gasteiger partial charge < -0.3 is 9.64 Å². The van der Waals surface area contributed by atoms with Crippen molar-refractivity contribution in [2.24, 2.45) is 5.92 Å². The molecule has 0 aromatic carbocycles. The second kappa shape index (κ2) is 4.21. The van der Waals surface area contributed by atoms with Gasteiger partial charge in [-0.25, -0.2) is 0 Å². The fraction of sp³-hybridized carbons (Fsp3) is 0.818. The van der Waals surface area contributed by atoms with Gasteiger partial charge in [0.15, 0.2) is 0 Å². The zero-order valence-electron chi connectivity index (χ0n) is 9.07. The molecule has 0 N–H and O–H groups in total. The number of likely N-dealkylation sites (tertiary alicyclic amines) is 1. The molecule has 1 aliphatic heterocycles. The highest BCUT2D eigenvalue weighted by molar-refractivity contribution is 5.87. The van der Waals surface area contributed by atoms with Crippen LogP contribution < -0.4 is 0 Å². The summed E-state index contributed by atoms with van der Waals surface area (Å²) in [6, 6.07) is 0.418. The van der Waals surface area contributed by atoms with Crippen molar-refractivity contribution in [3.8, 4) is 0 Å². The van der Waals surface area contributed by atoms with Crippen molar-refractivity contribution in [2.45, 2.75) is 38.6 Å². The van der Waals surface area contributed by atoms with Crippen molar-refractivity contribution < 1.29 is 14.3 Å². The average Bonchev–Trinajstić information content (AvgIpc) is 2.99. The summed E-state index contributed by atoms with van der Waals surface area (Å²) in [5.41, 5.74) is 0. The number of hydrogen-bond donors (Lipinski definition) is 0. The van der Waals surface area contributed by atoms with Gasteiger partial charge >= 0.3 is 5.97 Å². The summed E-state index contributed by atoms with van der Waals surface area (Å²) in [7, 11) is 0. The van der Waals surface area contributed by atoms with Crippen LogP contribution in [-0.2, 0) is 14.3 Å². The maximum absolute atomic E-state index is 11.6. The first-order valence-electron chi connectivity index (χ1n) is 5.68. The van der Waals surface area contributed by atoms with E-state index in [1.54, 1.807) is 0 Å². The molecular weight excluding hydrogens is 194 g/mol. The topological polar surface area (TPSA) is 46.6 Å². The SMILES string of the molecule is CCCOC(=O)C1CC(=O)N(C2CC2)C1. The van der Waals surface area contributed by atoms with Gasteiger partial charge in [-0.15, -0.1) is 0 Å². The lowest BCUT2D eigenvalue weighted by molar-refractivity contribution is -0.148. The van der Waals surface area contributed by atoms with Crippen LogP contribution in [0.1, 0.15) is 32.6 Å². The standard InChI is InChI=1S/C11H17NO3/c1-2-5-15-11(14)8-6-10(13)12(7-8)9-3-4-9/h8-9H,2-7H2,1H3. The van der Waals surface area contributed by atoms with Crippen LogP contribution in [0.4, 0.5) is 0 Å². The molecule has 2 rings (SSSR count). The smallest absolute Gasteiger partial charge is 0.311 e. The molecule has 1 aliphatic carbocycles. The second-order valence-electron chi connectivity index (χ2n) is 4.35. The Morgan fingerprint density at radius 1 is 1.53 bits per heavy atom. The fourth-order valence-electron chi connectivity index (χ4n) is 1.95. The van der Waals surface area contributed by atoms with E-state index in [0.717, 1.165) is 19.3 Å². The van der Waals surface area contributed by atoms with E-state index in [2.05, 4.69) is 0 Å². The van der Waals surface area contributed by atoms with Crippen molar-refractivity contribution in [2.75, 3.05) is 13.2 Å². The molecule has 0 bridgehead atoms. The number of esters is 1. The van der Waals surface area contributed by atoms with Crippen LogP contribution in [0.25, 0.3) is 0 Å². The summed E-state index contributed by atoms with van der Waals surface area (Å²) < 4.78 is 5.05. The van der Waals surface area contributed by atoms with Gasteiger partial charge in [0.1, 0.15) is 0 Å². The molecule has 1 saturated carbocycles. The van der Waals surface area contributed by atoms with Crippen LogP contribution in [0.3, 0.4) is 0 Å². The molecule has 2 fully saturated rings. The van der Waals surface area contributed by atoms with E-state index < -0.39 is 0 Å². The Kier molecular flexibility index (Phi) is 2.93. The molecule has 0 radical (unpaired) electrons. The van der Waals surface area contributed by atoms with Crippen molar-refractivity contribution >= 4 is 11.9 Å². The van der Waals surface area contributed by atoms with E-state index >= 15 is 0 Å². The quantitative estimate of drug-likeness (QED) is 0.650. The summed E-state index contributed by atoms with van der Waals surface area (Å²) in [6.45, 7) is 3.00. The molecule has 4 heteroatoms. The number of carbonyl (C=O) groups excluding carboxylic acids is 2. The van der Waals surface area contributed by atoms with Crippen LogP contribution >= 0.6 is 0 Å². The third-order valence-electron chi connectivity index (χ3n) is 2.93. The predicted octanol–water partition coefficient (Wildman–Crippen LogP) is 0.950. The van der Waals surface area contributed by atoms with Crippen LogP contribution in [0.5, 0.6) is 0 Å². The van der Waals surface area contributed by atoms with E-state index in [4.69, 9.17) is 4.74 Å². The first-order valence-corrected chi connectivity index (χ1v) is 5.68. The monoisotopic (exact) mass is 211 g/mol. The van der Waals surface area contributed by atoms with Crippen LogP contribution in [0.15, 0.2) is 0 Å². The summed E-state index contributed by atoms with van der Waals surface area (Å²) in [5, 5.41) is 0.